The number of H-pyrrole nitrogens is 1. The van der Waals surface area contributed by atoms with E-state index in [1.165, 1.54) is 23.2 Å². The molecule has 0 saturated heterocycles. The number of aromatic nitrogens is 3. The lowest BCUT2D eigenvalue weighted by Gasteiger charge is -2.08. The highest BCUT2D eigenvalue weighted by molar-refractivity contribution is 6.35. The number of rotatable bonds is 13. The number of fused-ring (bicyclic) bond motifs is 1. The fourth-order valence-corrected chi connectivity index (χ4v) is 5.78. The van der Waals surface area contributed by atoms with Crippen LogP contribution in [0.5, 0.6) is 0 Å². The number of nitrogens with one attached hydrogen (secondary N) is 2. The second kappa shape index (κ2) is 14.6. The van der Waals surface area contributed by atoms with E-state index < -0.39 is 17.2 Å². The minimum absolute atomic E-state index is 0.0575. The van der Waals surface area contributed by atoms with Crippen molar-refractivity contribution in [1.29, 1.82) is 0 Å². The molecular weight excluding hydrogens is 616 g/mol. The second-order valence-corrected chi connectivity index (χ2v) is 12.2. The van der Waals surface area contributed by atoms with Crippen molar-refractivity contribution in [3.05, 3.63) is 122 Å². The fraction of sp³-hybridized carbons (Fsp3) is 0.270. The number of ketones is 2. The molecular formula is C37H37F2N5O4. The van der Waals surface area contributed by atoms with Crippen molar-refractivity contribution < 1.29 is 23.2 Å². The van der Waals surface area contributed by atoms with Gasteiger partial charge in [0.1, 0.15) is 5.56 Å². The van der Waals surface area contributed by atoms with Crippen LogP contribution < -0.4 is 10.9 Å². The van der Waals surface area contributed by atoms with Gasteiger partial charge in [0.05, 0.1) is 18.4 Å². The molecule has 4 aromatic rings. The first-order valence-electron chi connectivity index (χ1n) is 15.7. The Kier molecular flexibility index (Phi) is 10.4. The molecule has 0 spiro atoms. The highest BCUT2D eigenvalue weighted by Crippen LogP contribution is 2.35. The summed E-state index contributed by atoms with van der Waals surface area (Å²) in [6, 6.07) is 8.92. The lowest BCUT2D eigenvalue weighted by atomic mass is 10.00. The number of Topliss-reactive ketones (excluding diaryl/α,β-unsaturated/α-hetero) is 2. The maximum atomic E-state index is 13.6. The van der Waals surface area contributed by atoms with Crippen LogP contribution >= 0.6 is 0 Å². The molecule has 0 unspecified atom stereocenters. The third-order valence-electron chi connectivity index (χ3n) is 8.27. The van der Waals surface area contributed by atoms with Crippen molar-refractivity contribution in [1.82, 2.24) is 19.4 Å². The van der Waals surface area contributed by atoms with E-state index in [2.05, 4.69) is 15.3 Å². The predicted octanol–water partition coefficient (Wildman–Crippen LogP) is 6.21. The molecule has 2 aromatic carbocycles. The smallest absolute Gasteiger partial charge is 0.264 e. The molecule has 2 aromatic heterocycles. The highest BCUT2D eigenvalue weighted by atomic mass is 19.2. The topological polar surface area (TPSA) is 117 Å². The summed E-state index contributed by atoms with van der Waals surface area (Å²) in [7, 11) is 3.96. The number of aryl methyl sites for hydroxylation is 1. The van der Waals surface area contributed by atoms with Crippen LogP contribution in [0.1, 0.15) is 80.0 Å². The quantitative estimate of drug-likeness (QED) is 0.131. The SMILES string of the molecule is Cc1[nH]c(/C=C2\C(=O)Nc3cc(/C=C/CCC(=O)c4cncn(Cc5ccc(F)c(F)c5)c4=O)ccc32)c(C)c1C(=O)CCCN(C)C. The number of carbonyl (C=O) groups excluding carboxylic acids is 3. The largest absolute Gasteiger partial charge is 0.358 e. The normalized spacial score (nSPS) is 13.5. The maximum Gasteiger partial charge on any atom is 0.264 e. The first-order chi connectivity index (χ1) is 22.9. The van der Waals surface area contributed by atoms with Crippen molar-refractivity contribution >= 4 is 40.9 Å². The summed E-state index contributed by atoms with van der Waals surface area (Å²) in [6.45, 7) is 4.53. The molecule has 248 valence electrons. The molecule has 0 radical (unpaired) electrons. The van der Waals surface area contributed by atoms with Gasteiger partial charge in [0.2, 0.25) is 0 Å². The van der Waals surface area contributed by atoms with Gasteiger partial charge in [0, 0.05) is 47.2 Å². The lowest BCUT2D eigenvalue weighted by molar-refractivity contribution is -0.110. The molecule has 9 nitrogen and oxygen atoms in total. The summed E-state index contributed by atoms with van der Waals surface area (Å²) < 4.78 is 28.0. The molecule has 0 aliphatic carbocycles. The van der Waals surface area contributed by atoms with Crippen molar-refractivity contribution in [2.24, 2.45) is 0 Å². The van der Waals surface area contributed by atoms with Gasteiger partial charge in [-0.2, -0.15) is 0 Å². The molecule has 11 heteroatoms. The first kappa shape index (κ1) is 34.1. The molecule has 1 aliphatic rings. The van der Waals surface area contributed by atoms with E-state index in [0.29, 0.717) is 35.2 Å². The van der Waals surface area contributed by atoms with E-state index in [0.717, 1.165) is 53.2 Å². The zero-order valence-electron chi connectivity index (χ0n) is 27.3. The molecule has 0 saturated carbocycles. The minimum atomic E-state index is -1.02. The van der Waals surface area contributed by atoms with Crippen LogP contribution in [0.2, 0.25) is 0 Å². The van der Waals surface area contributed by atoms with Crippen LogP contribution in [0.25, 0.3) is 17.7 Å². The molecule has 5 rings (SSSR count). The summed E-state index contributed by atoms with van der Waals surface area (Å²) in [5.74, 6) is -2.55. The average Bonchev–Trinajstić information content (AvgIpc) is 3.50. The average molecular weight is 654 g/mol. The Bertz CT molecular complexity index is 2020. The number of amides is 1. The van der Waals surface area contributed by atoms with Crippen LogP contribution in [-0.4, -0.2) is 57.5 Å². The fourth-order valence-electron chi connectivity index (χ4n) is 5.78. The molecule has 0 bridgehead atoms. The van der Waals surface area contributed by atoms with Crippen LogP contribution in [0.3, 0.4) is 0 Å². The van der Waals surface area contributed by atoms with Crippen LogP contribution in [0.15, 0.2) is 59.8 Å². The minimum Gasteiger partial charge on any atom is -0.358 e. The standard InChI is InChI=1S/C37H37F2N5O4/c1-22-31(41-23(2)35(22)34(46)10-7-15-43(3)4)18-27-26-13-11-24(17-32(26)42-36(27)47)8-5-6-9-33(45)28-19-40-21-44(37(28)48)20-25-12-14-29(38)30(39)16-25/h5,8,11-14,16-19,21,41H,6-7,9-10,15,20H2,1-4H3,(H,42,47)/b8-5+,27-18-. The Morgan fingerprint density at radius 1 is 1.00 bits per heavy atom. The highest BCUT2D eigenvalue weighted by Gasteiger charge is 2.26. The number of benzene rings is 2. The molecule has 1 amide bonds. The number of hydrogen-bond acceptors (Lipinski definition) is 6. The third kappa shape index (κ3) is 7.63. The summed E-state index contributed by atoms with van der Waals surface area (Å²) in [5, 5.41) is 2.91. The van der Waals surface area contributed by atoms with Gasteiger partial charge in [0.25, 0.3) is 11.5 Å². The number of nitrogens with zero attached hydrogens (tertiary/aromatic N) is 3. The van der Waals surface area contributed by atoms with E-state index in [4.69, 9.17) is 0 Å². The Morgan fingerprint density at radius 2 is 1.79 bits per heavy atom. The number of allylic oxidation sites excluding steroid dienone is 1. The number of aromatic amines is 1. The third-order valence-corrected chi connectivity index (χ3v) is 8.27. The zero-order valence-corrected chi connectivity index (χ0v) is 27.3. The van der Waals surface area contributed by atoms with Gasteiger partial charge in [-0.15, -0.1) is 0 Å². The Hall–Kier alpha value is -5.29. The molecule has 0 fully saturated rings. The number of halogens is 2. The van der Waals surface area contributed by atoms with Gasteiger partial charge in [0.15, 0.2) is 23.2 Å². The lowest BCUT2D eigenvalue weighted by Crippen LogP contribution is -2.27. The monoisotopic (exact) mass is 653 g/mol. The molecule has 0 atom stereocenters. The summed E-state index contributed by atoms with van der Waals surface area (Å²) >= 11 is 0. The number of anilines is 1. The van der Waals surface area contributed by atoms with Gasteiger partial charge < -0.3 is 15.2 Å². The van der Waals surface area contributed by atoms with Gasteiger partial charge in [-0.25, -0.2) is 13.8 Å². The Balaban J connectivity index is 1.23. The summed E-state index contributed by atoms with van der Waals surface area (Å²) in [6.07, 6.45) is 9.53. The van der Waals surface area contributed by atoms with Gasteiger partial charge >= 0.3 is 0 Å². The second-order valence-electron chi connectivity index (χ2n) is 12.2. The van der Waals surface area contributed by atoms with Crippen LogP contribution in [0, 0.1) is 25.5 Å². The van der Waals surface area contributed by atoms with Gasteiger partial charge in [-0.05, 0) is 88.3 Å². The van der Waals surface area contributed by atoms with Crippen LogP contribution in [0.4, 0.5) is 14.5 Å². The first-order valence-corrected chi connectivity index (χ1v) is 15.7. The van der Waals surface area contributed by atoms with E-state index in [1.807, 2.05) is 63.2 Å². The predicted molar refractivity (Wildman–Crippen MR) is 182 cm³/mol. The molecule has 3 heterocycles. The van der Waals surface area contributed by atoms with E-state index in [9.17, 15) is 28.0 Å². The van der Waals surface area contributed by atoms with Gasteiger partial charge in [-0.1, -0.05) is 30.4 Å². The van der Waals surface area contributed by atoms with Crippen molar-refractivity contribution in [2.75, 3.05) is 26.0 Å². The van der Waals surface area contributed by atoms with E-state index >= 15 is 0 Å². The van der Waals surface area contributed by atoms with Crippen molar-refractivity contribution in [3.63, 3.8) is 0 Å². The molecule has 48 heavy (non-hydrogen) atoms. The maximum absolute atomic E-state index is 13.6. The Morgan fingerprint density at radius 3 is 2.54 bits per heavy atom. The van der Waals surface area contributed by atoms with Crippen LogP contribution in [-0.2, 0) is 11.3 Å². The van der Waals surface area contributed by atoms with Gasteiger partial charge in [-0.3, -0.25) is 23.7 Å². The summed E-state index contributed by atoms with van der Waals surface area (Å²) in [4.78, 5) is 60.9. The van der Waals surface area contributed by atoms with Crippen molar-refractivity contribution in [2.45, 2.75) is 46.1 Å². The van der Waals surface area contributed by atoms with E-state index in [1.54, 1.807) is 6.08 Å². The van der Waals surface area contributed by atoms with E-state index in [-0.39, 0.29) is 36.0 Å². The number of hydrogen-bond donors (Lipinski definition) is 2. The molecule has 1 aliphatic heterocycles. The zero-order chi connectivity index (χ0) is 34.5. The number of carbonyl (C=O) groups is 3. The summed E-state index contributed by atoms with van der Waals surface area (Å²) in [5.41, 5.74) is 5.42. The molecule has 2 N–H and O–H groups in total. The van der Waals surface area contributed by atoms with Crippen molar-refractivity contribution in [3.8, 4) is 0 Å². The Labute approximate surface area is 277 Å².